The molecule has 1 N–H and O–H groups in total. The predicted octanol–water partition coefficient (Wildman–Crippen LogP) is 3.67. The molecular weight excluding hydrogens is 402 g/mol. The van der Waals surface area contributed by atoms with Crippen molar-refractivity contribution in [3.05, 3.63) is 77.0 Å². The lowest BCUT2D eigenvalue weighted by Crippen LogP contribution is -2.38. The van der Waals surface area contributed by atoms with Crippen molar-refractivity contribution in [2.45, 2.75) is 39.7 Å². The van der Waals surface area contributed by atoms with Crippen LogP contribution >= 0.6 is 0 Å². The summed E-state index contributed by atoms with van der Waals surface area (Å²) in [6, 6.07) is 14.7. The molecule has 0 unspecified atom stereocenters. The second-order valence-corrected chi connectivity index (χ2v) is 8.58. The topological polar surface area (TPSA) is 69.7 Å². The van der Waals surface area contributed by atoms with E-state index in [1.165, 1.54) is 16.5 Å². The molecule has 0 bridgehead atoms. The van der Waals surface area contributed by atoms with Gasteiger partial charge in [0.25, 0.3) is 17.7 Å². The lowest BCUT2D eigenvalue weighted by molar-refractivity contribution is -0.121. The van der Waals surface area contributed by atoms with E-state index in [4.69, 9.17) is 0 Å². The monoisotopic (exact) mass is 431 g/mol. The number of rotatable bonds is 6. The summed E-state index contributed by atoms with van der Waals surface area (Å²) in [4.78, 5) is 41.2. The minimum atomic E-state index is -0.337. The van der Waals surface area contributed by atoms with Gasteiger partial charge in [0.1, 0.15) is 5.70 Å². The summed E-state index contributed by atoms with van der Waals surface area (Å²) < 4.78 is 0. The largest absolute Gasteiger partial charge is 0.367 e. The number of nitrogens with zero attached hydrogens (tertiary/aromatic N) is 2. The third-order valence-corrected chi connectivity index (χ3v) is 6.30. The molecule has 0 saturated carbocycles. The lowest BCUT2D eigenvalue weighted by atomic mass is 9.99. The van der Waals surface area contributed by atoms with E-state index in [0.717, 1.165) is 37.9 Å². The minimum Gasteiger partial charge on any atom is -0.367 e. The summed E-state index contributed by atoms with van der Waals surface area (Å²) >= 11 is 0. The molecule has 6 nitrogen and oxygen atoms in total. The highest BCUT2D eigenvalue weighted by Crippen LogP contribution is 2.27. The molecule has 3 amide bonds. The van der Waals surface area contributed by atoms with Gasteiger partial charge in [-0.25, -0.2) is 4.90 Å². The van der Waals surface area contributed by atoms with Crippen LogP contribution in [-0.4, -0.2) is 35.7 Å². The number of likely N-dealkylation sites (tertiary alicyclic amines) is 1. The Hall–Kier alpha value is -3.41. The lowest BCUT2D eigenvalue weighted by Gasteiger charge is -2.32. The number of nitrogens with one attached hydrogen (secondary N) is 1. The molecule has 2 aliphatic rings. The number of aryl methyl sites for hydroxylation is 1. The first kappa shape index (κ1) is 21.8. The highest BCUT2D eigenvalue weighted by Gasteiger charge is 2.36. The molecule has 1 saturated heterocycles. The maximum atomic E-state index is 12.9. The molecule has 1 fully saturated rings. The smallest absolute Gasteiger partial charge is 0.281 e. The quantitative estimate of drug-likeness (QED) is 0.709. The van der Waals surface area contributed by atoms with Crippen molar-refractivity contribution in [3.8, 4) is 0 Å². The molecule has 0 aliphatic carbocycles. The predicted molar refractivity (Wildman–Crippen MR) is 124 cm³/mol. The molecule has 4 rings (SSSR count). The average molecular weight is 432 g/mol. The summed E-state index contributed by atoms with van der Waals surface area (Å²) in [5.41, 5.74) is 3.72. The van der Waals surface area contributed by atoms with Gasteiger partial charge in [-0.1, -0.05) is 38.1 Å². The third-order valence-electron chi connectivity index (χ3n) is 6.30. The molecule has 2 aliphatic heterocycles. The van der Waals surface area contributed by atoms with E-state index >= 15 is 0 Å². The zero-order valence-electron chi connectivity index (χ0n) is 18.6. The average Bonchev–Trinajstić information content (AvgIpc) is 3.12. The van der Waals surface area contributed by atoms with Gasteiger partial charge in [-0.2, -0.15) is 0 Å². The normalized spacial score (nSPS) is 17.0. The Bertz CT molecular complexity index is 1030. The first-order valence-corrected chi connectivity index (χ1v) is 11.3. The Labute approximate surface area is 188 Å². The van der Waals surface area contributed by atoms with Crippen LogP contribution in [0, 0.1) is 5.92 Å². The van der Waals surface area contributed by atoms with Gasteiger partial charge in [0.15, 0.2) is 0 Å². The van der Waals surface area contributed by atoms with Crippen LogP contribution in [0.5, 0.6) is 0 Å². The second kappa shape index (κ2) is 9.39. The van der Waals surface area contributed by atoms with E-state index in [-0.39, 0.29) is 17.7 Å². The first-order chi connectivity index (χ1) is 15.5. The van der Waals surface area contributed by atoms with Crippen LogP contribution in [0.4, 0.5) is 5.69 Å². The van der Waals surface area contributed by atoms with E-state index in [2.05, 4.69) is 31.3 Å². The van der Waals surface area contributed by atoms with Gasteiger partial charge in [-0.15, -0.1) is 0 Å². The van der Waals surface area contributed by atoms with E-state index in [1.807, 2.05) is 17.0 Å². The number of carbonyl (C=O) groups is 3. The minimum absolute atomic E-state index is 0.198. The molecule has 0 aromatic heterocycles. The maximum Gasteiger partial charge on any atom is 0.281 e. The molecule has 0 atom stereocenters. The molecule has 0 spiro atoms. The number of hydrogen-bond acceptors (Lipinski definition) is 4. The molecule has 2 aromatic rings. The van der Waals surface area contributed by atoms with Crippen LogP contribution in [0.25, 0.3) is 0 Å². The summed E-state index contributed by atoms with van der Waals surface area (Å²) in [6.07, 6.45) is 4.45. The number of anilines is 1. The number of imide groups is 1. The summed E-state index contributed by atoms with van der Waals surface area (Å²) in [7, 11) is 0. The van der Waals surface area contributed by atoms with Crippen molar-refractivity contribution in [2.75, 3.05) is 18.0 Å². The van der Waals surface area contributed by atoms with Crippen molar-refractivity contribution in [3.63, 3.8) is 0 Å². The number of hydrogen-bond donors (Lipinski definition) is 1. The zero-order valence-corrected chi connectivity index (χ0v) is 18.6. The van der Waals surface area contributed by atoms with Gasteiger partial charge in [-0.05, 0) is 60.6 Å². The van der Waals surface area contributed by atoms with Gasteiger partial charge in [0.05, 0.1) is 5.69 Å². The van der Waals surface area contributed by atoms with Crippen molar-refractivity contribution in [1.82, 2.24) is 10.2 Å². The van der Waals surface area contributed by atoms with Gasteiger partial charge in [0.2, 0.25) is 0 Å². The van der Waals surface area contributed by atoms with Crippen LogP contribution < -0.4 is 10.2 Å². The van der Waals surface area contributed by atoms with E-state index in [0.29, 0.717) is 29.4 Å². The Morgan fingerprint density at radius 2 is 1.59 bits per heavy atom. The van der Waals surface area contributed by atoms with Gasteiger partial charge < -0.3 is 10.2 Å². The molecular formula is C26H29N3O3. The maximum absolute atomic E-state index is 12.9. The van der Waals surface area contributed by atoms with E-state index < -0.39 is 0 Å². The van der Waals surface area contributed by atoms with Crippen molar-refractivity contribution >= 4 is 23.4 Å². The molecule has 2 heterocycles. The number of piperidine rings is 1. The fraction of sp³-hybridized carbons (Fsp3) is 0.346. The SMILES string of the molecule is CCc1ccc(CNC(=O)c2ccc(N3C(=O)C=C(N4CCC(C)CC4)C3=O)cc2)cc1. The van der Waals surface area contributed by atoms with Crippen LogP contribution in [0.2, 0.25) is 0 Å². The Balaban J connectivity index is 1.38. The fourth-order valence-corrected chi connectivity index (χ4v) is 4.12. The number of amides is 3. The Kier molecular flexibility index (Phi) is 6.40. The van der Waals surface area contributed by atoms with E-state index in [1.54, 1.807) is 24.3 Å². The first-order valence-electron chi connectivity index (χ1n) is 11.3. The van der Waals surface area contributed by atoms with Gasteiger partial charge in [-0.3, -0.25) is 14.4 Å². The third kappa shape index (κ3) is 4.59. The Morgan fingerprint density at radius 1 is 0.969 bits per heavy atom. The molecule has 0 radical (unpaired) electrons. The van der Waals surface area contributed by atoms with Gasteiger partial charge >= 0.3 is 0 Å². The highest BCUT2D eigenvalue weighted by atomic mass is 16.2. The summed E-state index contributed by atoms with van der Waals surface area (Å²) in [5.74, 6) is -0.186. The second-order valence-electron chi connectivity index (χ2n) is 8.58. The van der Waals surface area contributed by atoms with Crippen molar-refractivity contribution < 1.29 is 14.4 Å². The Morgan fingerprint density at radius 3 is 2.22 bits per heavy atom. The van der Waals surface area contributed by atoms with Crippen LogP contribution in [0.3, 0.4) is 0 Å². The molecule has 2 aromatic carbocycles. The van der Waals surface area contributed by atoms with Crippen LogP contribution in [-0.2, 0) is 22.6 Å². The van der Waals surface area contributed by atoms with Crippen LogP contribution in [0.15, 0.2) is 60.3 Å². The number of carbonyl (C=O) groups excluding carboxylic acids is 3. The van der Waals surface area contributed by atoms with Crippen molar-refractivity contribution in [1.29, 1.82) is 0 Å². The fourth-order valence-electron chi connectivity index (χ4n) is 4.12. The molecule has 32 heavy (non-hydrogen) atoms. The zero-order chi connectivity index (χ0) is 22.7. The van der Waals surface area contributed by atoms with Crippen LogP contribution in [0.1, 0.15) is 48.2 Å². The molecule has 6 heteroatoms. The standard InChI is InChI=1S/C26H29N3O3/c1-3-19-4-6-20(7-5-19)17-27-25(31)21-8-10-22(11-9-21)29-24(30)16-23(26(29)32)28-14-12-18(2)13-15-28/h4-11,16,18H,3,12-15,17H2,1-2H3,(H,27,31). The van der Waals surface area contributed by atoms with E-state index in [9.17, 15) is 14.4 Å². The highest BCUT2D eigenvalue weighted by molar-refractivity contribution is 6.30. The molecule has 166 valence electrons. The van der Waals surface area contributed by atoms with Crippen molar-refractivity contribution in [2.24, 2.45) is 5.92 Å². The van der Waals surface area contributed by atoms with Gasteiger partial charge in [0, 0.05) is 31.3 Å². The summed E-state index contributed by atoms with van der Waals surface area (Å²) in [6.45, 7) is 6.34. The number of benzene rings is 2. The summed E-state index contributed by atoms with van der Waals surface area (Å²) in [5, 5.41) is 2.91.